The molecule has 3 aromatic rings. The zero-order valence-electron chi connectivity index (χ0n) is 11.4. The van der Waals surface area contributed by atoms with Gasteiger partial charge in [0.2, 0.25) is 0 Å². The van der Waals surface area contributed by atoms with Crippen molar-refractivity contribution in [2.24, 2.45) is 0 Å². The summed E-state index contributed by atoms with van der Waals surface area (Å²) in [6.45, 7) is 2.02. The third kappa shape index (κ3) is 2.67. The number of aryl methyl sites for hydroxylation is 1. The summed E-state index contributed by atoms with van der Waals surface area (Å²) in [5.74, 6) is 0.689. The highest BCUT2D eigenvalue weighted by Gasteiger charge is 2.11. The van der Waals surface area contributed by atoms with Gasteiger partial charge >= 0.3 is 0 Å². The number of fused-ring (bicyclic) bond motifs is 1. The zero-order chi connectivity index (χ0) is 14.8. The minimum Gasteiger partial charge on any atom is -0.319 e. The number of benzene rings is 1. The van der Waals surface area contributed by atoms with E-state index < -0.39 is 0 Å². The van der Waals surface area contributed by atoms with E-state index in [2.05, 4.69) is 31.4 Å². The van der Waals surface area contributed by atoms with Crippen LogP contribution in [0.5, 0.6) is 0 Å². The fourth-order valence-corrected chi connectivity index (χ4v) is 2.53. The standard InChI is InChI=1S/C15H13BrN4O/c1-2-13-18-19-14-12(7-4-8-20(13)14)17-15(21)10-5-3-6-11(16)9-10/h3-9H,2H2,1H3,(H,17,21). The van der Waals surface area contributed by atoms with E-state index in [0.29, 0.717) is 16.9 Å². The van der Waals surface area contributed by atoms with E-state index >= 15 is 0 Å². The first-order chi connectivity index (χ1) is 10.2. The second-order valence-corrected chi connectivity index (χ2v) is 5.47. The molecule has 2 aromatic heterocycles. The molecule has 0 spiro atoms. The van der Waals surface area contributed by atoms with Crippen LogP contribution in [0.3, 0.4) is 0 Å². The van der Waals surface area contributed by atoms with Gasteiger partial charge in [-0.1, -0.05) is 28.9 Å². The van der Waals surface area contributed by atoms with Crippen LogP contribution in [0.15, 0.2) is 47.1 Å². The molecule has 0 unspecified atom stereocenters. The smallest absolute Gasteiger partial charge is 0.255 e. The lowest BCUT2D eigenvalue weighted by molar-refractivity contribution is 0.102. The molecule has 0 radical (unpaired) electrons. The largest absolute Gasteiger partial charge is 0.319 e. The van der Waals surface area contributed by atoms with Crippen molar-refractivity contribution in [1.29, 1.82) is 0 Å². The van der Waals surface area contributed by atoms with Crippen LogP contribution < -0.4 is 5.32 Å². The van der Waals surface area contributed by atoms with Crippen molar-refractivity contribution in [2.45, 2.75) is 13.3 Å². The fourth-order valence-electron chi connectivity index (χ4n) is 2.13. The van der Waals surface area contributed by atoms with Crippen LogP contribution in [0, 0.1) is 0 Å². The van der Waals surface area contributed by atoms with Crippen molar-refractivity contribution in [1.82, 2.24) is 14.6 Å². The minimum absolute atomic E-state index is 0.176. The molecule has 0 fully saturated rings. The molecule has 0 aliphatic rings. The van der Waals surface area contributed by atoms with E-state index in [9.17, 15) is 4.79 Å². The molecular formula is C15H13BrN4O. The van der Waals surface area contributed by atoms with Crippen LogP contribution in [-0.2, 0) is 6.42 Å². The Bertz CT molecular complexity index is 812. The van der Waals surface area contributed by atoms with Gasteiger partial charge in [-0.25, -0.2) is 0 Å². The summed E-state index contributed by atoms with van der Waals surface area (Å²) in [5.41, 5.74) is 1.88. The number of carbonyl (C=O) groups excluding carboxylic acids is 1. The number of hydrogen-bond acceptors (Lipinski definition) is 3. The van der Waals surface area contributed by atoms with Crippen LogP contribution in [-0.4, -0.2) is 20.5 Å². The number of anilines is 1. The number of halogens is 1. The first-order valence-electron chi connectivity index (χ1n) is 6.58. The Hall–Kier alpha value is -2.21. The molecule has 1 aromatic carbocycles. The molecule has 0 aliphatic heterocycles. The summed E-state index contributed by atoms with van der Waals surface area (Å²) >= 11 is 3.36. The molecular weight excluding hydrogens is 332 g/mol. The van der Waals surface area contributed by atoms with E-state index in [4.69, 9.17) is 0 Å². The highest BCUT2D eigenvalue weighted by atomic mass is 79.9. The van der Waals surface area contributed by atoms with Gasteiger partial charge in [0.1, 0.15) is 5.82 Å². The molecule has 2 heterocycles. The number of aromatic nitrogens is 3. The molecule has 106 valence electrons. The summed E-state index contributed by atoms with van der Waals surface area (Å²) < 4.78 is 2.75. The van der Waals surface area contributed by atoms with Crippen molar-refractivity contribution in [3.05, 3.63) is 58.5 Å². The Morgan fingerprint density at radius 2 is 2.14 bits per heavy atom. The maximum atomic E-state index is 12.3. The number of nitrogens with one attached hydrogen (secondary N) is 1. The van der Waals surface area contributed by atoms with E-state index in [1.54, 1.807) is 12.1 Å². The van der Waals surface area contributed by atoms with Crippen LogP contribution >= 0.6 is 15.9 Å². The number of carbonyl (C=O) groups is 1. The Balaban J connectivity index is 1.95. The van der Waals surface area contributed by atoms with Crippen LogP contribution in [0.4, 0.5) is 5.69 Å². The molecule has 0 bridgehead atoms. The van der Waals surface area contributed by atoms with Crippen molar-refractivity contribution >= 4 is 33.2 Å². The van der Waals surface area contributed by atoms with Gasteiger partial charge in [-0.15, -0.1) is 10.2 Å². The Morgan fingerprint density at radius 1 is 1.29 bits per heavy atom. The number of rotatable bonds is 3. The average molecular weight is 345 g/mol. The van der Waals surface area contributed by atoms with E-state index in [-0.39, 0.29) is 5.91 Å². The van der Waals surface area contributed by atoms with Gasteiger partial charge in [0.25, 0.3) is 5.91 Å². The molecule has 1 amide bonds. The van der Waals surface area contributed by atoms with Crippen molar-refractivity contribution in [2.75, 3.05) is 5.32 Å². The van der Waals surface area contributed by atoms with Gasteiger partial charge < -0.3 is 5.32 Å². The first kappa shape index (κ1) is 13.8. The van der Waals surface area contributed by atoms with Crippen LogP contribution in [0.2, 0.25) is 0 Å². The zero-order valence-corrected chi connectivity index (χ0v) is 13.0. The van der Waals surface area contributed by atoms with Gasteiger partial charge in [-0.05, 0) is 30.3 Å². The number of hydrogen-bond donors (Lipinski definition) is 1. The second kappa shape index (κ2) is 5.65. The maximum Gasteiger partial charge on any atom is 0.255 e. The Kier molecular flexibility index (Phi) is 3.70. The van der Waals surface area contributed by atoms with Crippen molar-refractivity contribution in [3.8, 4) is 0 Å². The Labute approximate surface area is 130 Å². The van der Waals surface area contributed by atoms with Gasteiger partial charge in [0.05, 0.1) is 5.69 Å². The topological polar surface area (TPSA) is 59.3 Å². The summed E-state index contributed by atoms with van der Waals surface area (Å²) in [5, 5.41) is 11.1. The molecule has 0 saturated heterocycles. The lowest BCUT2D eigenvalue weighted by atomic mass is 10.2. The summed E-state index contributed by atoms with van der Waals surface area (Å²) in [6, 6.07) is 10.9. The molecule has 0 saturated carbocycles. The monoisotopic (exact) mass is 344 g/mol. The maximum absolute atomic E-state index is 12.3. The van der Waals surface area contributed by atoms with Gasteiger partial charge in [-0.3, -0.25) is 9.20 Å². The highest BCUT2D eigenvalue weighted by Crippen LogP contribution is 2.18. The summed E-state index contributed by atoms with van der Waals surface area (Å²) in [4.78, 5) is 12.3. The van der Waals surface area contributed by atoms with Crippen LogP contribution in [0.1, 0.15) is 23.1 Å². The molecule has 1 N–H and O–H groups in total. The molecule has 6 heteroatoms. The third-order valence-corrected chi connectivity index (χ3v) is 3.65. The molecule has 0 atom stereocenters. The normalized spacial score (nSPS) is 10.8. The molecule has 21 heavy (non-hydrogen) atoms. The van der Waals surface area contributed by atoms with E-state index in [1.807, 2.05) is 41.8 Å². The number of nitrogens with zero attached hydrogens (tertiary/aromatic N) is 3. The molecule has 0 aliphatic carbocycles. The number of pyridine rings is 1. The van der Waals surface area contributed by atoms with Gasteiger partial charge in [0, 0.05) is 22.7 Å². The average Bonchev–Trinajstić information content (AvgIpc) is 2.91. The first-order valence-corrected chi connectivity index (χ1v) is 7.38. The molecule has 5 nitrogen and oxygen atoms in total. The van der Waals surface area contributed by atoms with Crippen molar-refractivity contribution < 1.29 is 4.79 Å². The number of amides is 1. The van der Waals surface area contributed by atoms with Crippen LogP contribution in [0.25, 0.3) is 5.65 Å². The predicted octanol–water partition coefficient (Wildman–Crippen LogP) is 3.31. The van der Waals surface area contributed by atoms with Gasteiger partial charge in [0.15, 0.2) is 5.65 Å². The quantitative estimate of drug-likeness (QED) is 0.792. The molecule has 3 rings (SSSR count). The van der Waals surface area contributed by atoms with E-state index in [1.165, 1.54) is 0 Å². The fraction of sp³-hybridized carbons (Fsp3) is 0.133. The minimum atomic E-state index is -0.176. The third-order valence-electron chi connectivity index (χ3n) is 3.16. The summed E-state index contributed by atoms with van der Waals surface area (Å²) in [6.07, 6.45) is 2.67. The lowest BCUT2D eigenvalue weighted by Crippen LogP contribution is -2.12. The van der Waals surface area contributed by atoms with Crippen molar-refractivity contribution in [3.63, 3.8) is 0 Å². The second-order valence-electron chi connectivity index (χ2n) is 4.55. The SMILES string of the molecule is CCc1nnc2c(NC(=O)c3cccc(Br)c3)cccn12. The van der Waals surface area contributed by atoms with Gasteiger partial charge in [-0.2, -0.15) is 0 Å². The highest BCUT2D eigenvalue weighted by molar-refractivity contribution is 9.10. The Morgan fingerprint density at radius 3 is 2.90 bits per heavy atom. The predicted molar refractivity (Wildman–Crippen MR) is 84.5 cm³/mol. The summed E-state index contributed by atoms with van der Waals surface area (Å²) in [7, 11) is 0. The lowest BCUT2D eigenvalue weighted by Gasteiger charge is -2.07. The van der Waals surface area contributed by atoms with E-state index in [0.717, 1.165) is 16.7 Å².